The summed E-state index contributed by atoms with van der Waals surface area (Å²) >= 11 is 0. The molecule has 0 spiro atoms. The van der Waals surface area contributed by atoms with Crippen LogP contribution in [-0.2, 0) is 0 Å². The molecule has 0 heterocycles. The van der Waals surface area contributed by atoms with Gasteiger partial charge in [-0.05, 0) is 55.9 Å². The maximum atomic E-state index is 3.62. The van der Waals surface area contributed by atoms with Crippen molar-refractivity contribution in [1.82, 2.24) is 5.32 Å². The van der Waals surface area contributed by atoms with Gasteiger partial charge in [-0.2, -0.15) is 0 Å². The molecule has 1 aliphatic carbocycles. The van der Waals surface area contributed by atoms with Crippen LogP contribution in [0.4, 0.5) is 0 Å². The predicted octanol–water partition coefficient (Wildman–Crippen LogP) is 5.01. The lowest BCUT2D eigenvalue weighted by molar-refractivity contribution is 0.112. The monoisotopic (exact) mass is 253 g/mol. The van der Waals surface area contributed by atoms with Crippen molar-refractivity contribution in [2.24, 2.45) is 17.3 Å². The topological polar surface area (TPSA) is 12.0 Å². The van der Waals surface area contributed by atoms with E-state index >= 15 is 0 Å². The van der Waals surface area contributed by atoms with Crippen LogP contribution in [0.1, 0.15) is 79.1 Å². The summed E-state index contributed by atoms with van der Waals surface area (Å²) in [7, 11) is 0. The first kappa shape index (κ1) is 16.0. The Balaban J connectivity index is 2.44. The lowest BCUT2D eigenvalue weighted by Gasteiger charge is -2.42. The number of rotatable bonds is 8. The average Bonchev–Trinajstić information content (AvgIpc) is 2.35. The van der Waals surface area contributed by atoms with E-state index < -0.39 is 0 Å². The molecule has 0 bridgehead atoms. The van der Waals surface area contributed by atoms with Gasteiger partial charge in [0.2, 0.25) is 0 Å². The van der Waals surface area contributed by atoms with Crippen LogP contribution in [0.2, 0.25) is 0 Å². The van der Waals surface area contributed by atoms with E-state index in [1.54, 1.807) is 0 Å². The minimum atomic E-state index is 0.618. The molecule has 0 aromatic carbocycles. The second-order valence-electron chi connectivity index (χ2n) is 6.96. The Kier molecular flexibility index (Phi) is 7.29. The largest absolute Gasteiger partial charge is 0.316 e. The van der Waals surface area contributed by atoms with E-state index in [4.69, 9.17) is 0 Å². The Hall–Kier alpha value is -0.0400. The van der Waals surface area contributed by atoms with Gasteiger partial charge < -0.3 is 5.32 Å². The van der Waals surface area contributed by atoms with Gasteiger partial charge in [0.25, 0.3) is 0 Å². The maximum Gasteiger partial charge on any atom is 0.000779 e. The lowest BCUT2D eigenvalue weighted by atomic mass is 9.66. The molecule has 0 aromatic heterocycles. The zero-order valence-corrected chi connectivity index (χ0v) is 13.2. The summed E-state index contributed by atoms with van der Waals surface area (Å²) in [6.45, 7) is 11.7. The normalized spacial score (nSPS) is 28.8. The van der Waals surface area contributed by atoms with E-state index in [2.05, 4.69) is 33.0 Å². The summed E-state index contributed by atoms with van der Waals surface area (Å²) in [5.74, 6) is 1.88. The van der Waals surface area contributed by atoms with Gasteiger partial charge in [0.1, 0.15) is 0 Å². The van der Waals surface area contributed by atoms with Crippen molar-refractivity contribution in [3.8, 4) is 0 Å². The number of nitrogens with one attached hydrogen (secondary N) is 1. The number of hydrogen-bond donors (Lipinski definition) is 1. The molecule has 1 N–H and O–H groups in total. The van der Waals surface area contributed by atoms with Crippen molar-refractivity contribution in [3.05, 3.63) is 0 Å². The van der Waals surface area contributed by atoms with Gasteiger partial charge in [0.15, 0.2) is 0 Å². The van der Waals surface area contributed by atoms with Crippen LogP contribution in [-0.4, -0.2) is 13.1 Å². The van der Waals surface area contributed by atoms with Crippen LogP contribution in [0.15, 0.2) is 0 Å². The third kappa shape index (κ3) is 5.30. The Labute approximate surface area is 115 Å². The number of unbranched alkanes of at least 4 members (excludes halogenated alkanes) is 1. The Morgan fingerprint density at radius 3 is 2.33 bits per heavy atom. The van der Waals surface area contributed by atoms with E-state index in [-0.39, 0.29) is 0 Å². The first-order valence-electron chi connectivity index (χ1n) is 8.32. The molecule has 0 amide bonds. The second kappa shape index (κ2) is 8.19. The molecule has 1 aliphatic rings. The molecule has 1 nitrogen and oxygen atoms in total. The van der Waals surface area contributed by atoms with Crippen molar-refractivity contribution in [2.45, 2.75) is 79.1 Å². The Morgan fingerprint density at radius 1 is 1.17 bits per heavy atom. The summed E-state index contributed by atoms with van der Waals surface area (Å²) in [5, 5.41) is 3.62. The minimum absolute atomic E-state index is 0.618. The predicted molar refractivity (Wildman–Crippen MR) is 81.9 cm³/mol. The van der Waals surface area contributed by atoms with Crippen molar-refractivity contribution in [2.75, 3.05) is 13.1 Å². The van der Waals surface area contributed by atoms with Crippen molar-refractivity contribution in [1.29, 1.82) is 0 Å². The van der Waals surface area contributed by atoms with Gasteiger partial charge >= 0.3 is 0 Å². The molecular weight excluding hydrogens is 218 g/mol. The third-order valence-electron chi connectivity index (χ3n) is 4.72. The van der Waals surface area contributed by atoms with E-state index in [1.807, 2.05) is 0 Å². The minimum Gasteiger partial charge on any atom is -0.316 e. The molecule has 18 heavy (non-hydrogen) atoms. The van der Waals surface area contributed by atoms with Gasteiger partial charge in [-0.15, -0.1) is 0 Å². The third-order valence-corrected chi connectivity index (χ3v) is 4.72. The summed E-state index contributed by atoms with van der Waals surface area (Å²) in [6.07, 6.45) is 11.6. The first-order valence-corrected chi connectivity index (χ1v) is 8.32. The van der Waals surface area contributed by atoms with Crippen LogP contribution < -0.4 is 5.32 Å². The molecule has 1 fully saturated rings. The molecule has 0 radical (unpaired) electrons. The second-order valence-corrected chi connectivity index (χ2v) is 6.96. The van der Waals surface area contributed by atoms with E-state index in [1.165, 1.54) is 57.9 Å². The maximum absolute atomic E-state index is 3.62. The van der Waals surface area contributed by atoms with E-state index in [0.717, 1.165) is 18.4 Å². The highest BCUT2D eigenvalue weighted by Gasteiger charge is 2.34. The molecule has 0 atom stereocenters. The lowest BCUT2D eigenvalue weighted by Crippen LogP contribution is -2.38. The fourth-order valence-electron chi connectivity index (χ4n) is 3.78. The summed E-state index contributed by atoms with van der Waals surface area (Å²) < 4.78 is 0. The van der Waals surface area contributed by atoms with Gasteiger partial charge in [0.05, 0.1) is 0 Å². The van der Waals surface area contributed by atoms with Gasteiger partial charge in [-0.3, -0.25) is 0 Å². The van der Waals surface area contributed by atoms with Crippen LogP contribution >= 0.6 is 0 Å². The molecule has 108 valence electrons. The first-order chi connectivity index (χ1) is 8.62. The smallest absolute Gasteiger partial charge is 0.000779 e. The van der Waals surface area contributed by atoms with E-state index in [9.17, 15) is 0 Å². The van der Waals surface area contributed by atoms with Gasteiger partial charge in [-0.25, -0.2) is 0 Å². The highest BCUT2D eigenvalue weighted by atomic mass is 14.9. The fourth-order valence-corrected chi connectivity index (χ4v) is 3.78. The van der Waals surface area contributed by atoms with Gasteiger partial charge in [-0.1, -0.05) is 47.0 Å². The summed E-state index contributed by atoms with van der Waals surface area (Å²) in [6, 6.07) is 0. The van der Waals surface area contributed by atoms with Gasteiger partial charge in [0, 0.05) is 6.54 Å². The van der Waals surface area contributed by atoms with Crippen LogP contribution in [0.3, 0.4) is 0 Å². The molecular formula is C17H35N. The highest BCUT2D eigenvalue weighted by Crippen LogP contribution is 2.44. The zero-order chi connectivity index (χ0) is 13.4. The highest BCUT2D eigenvalue weighted by molar-refractivity contribution is 4.88. The van der Waals surface area contributed by atoms with E-state index in [0.29, 0.717) is 5.41 Å². The van der Waals surface area contributed by atoms with Crippen molar-refractivity contribution >= 4 is 0 Å². The van der Waals surface area contributed by atoms with Crippen LogP contribution in [0.5, 0.6) is 0 Å². The molecule has 0 unspecified atom stereocenters. The SMILES string of the molecule is CCCCC1CCC(CNCC)(CC(C)C)CC1. The fraction of sp³-hybridized carbons (Fsp3) is 1.00. The molecule has 0 aromatic rings. The average molecular weight is 253 g/mol. The van der Waals surface area contributed by atoms with Crippen LogP contribution in [0, 0.1) is 17.3 Å². The number of hydrogen-bond acceptors (Lipinski definition) is 1. The summed E-state index contributed by atoms with van der Waals surface area (Å²) in [4.78, 5) is 0. The summed E-state index contributed by atoms with van der Waals surface area (Å²) in [5.41, 5.74) is 0.618. The van der Waals surface area contributed by atoms with Crippen molar-refractivity contribution < 1.29 is 0 Å². The standard InChI is InChI=1S/C17H35N/c1-5-7-8-16-9-11-17(12-10-16,13-15(3)4)14-18-6-2/h15-16,18H,5-14H2,1-4H3. The Morgan fingerprint density at radius 2 is 1.83 bits per heavy atom. The molecule has 0 saturated heterocycles. The molecule has 1 rings (SSSR count). The zero-order valence-electron chi connectivity index (χ0n) is 13.2. The Bertz CT molecular complexity index is 202. The molecule has 1 heteroatoms. The quantitative estimate of drug-likeness (QED) is 0.641. The molecule has 0 aliphatic heterocycles. The molecule has 1 saturated carbocycles. The van der Waals surface area contributed by atoms with Crippen molar-refractivity contribution in [3.63, 3.8) is 0 Å². The van der Waals surface area contributed by atoms with Crippen LogP contribution in [0.25, 0.3) is 0 Å².